The van der Waals surface area contributed by atoms with Crippen LogP contribution in [0, 0.1) is 0 Å². The van der Waals surface area contributed by atoms with Gasteiger partial charge in [-0.15, -0.1) is 5.10 Å². The maximum Gasteiger partial charge on any atom is 0.245 e. The highest BCUT2D eigenvalue weighted by atomic mass is 15.4. The normalized spacial score (nSPS) is 21.4. The monoisotopic (exact) mass is 203 g/mol. The van der Waals surface area contributed by atoms with Gasteiger partial charge in [0.05, 0.1) is 0 Å². The van der Waals surface area contributed by atoms with E-state index in [0.29, 0.717) is 0 Å². The van der Waals surface area contributed by atoms with E-state index in [2.05, 4.69) is 15.0 Å². The smallest absolute Gasteiger partial charge is 0.245 e. The summed E-state index contributed by atoms with van der Waals surface area (Å²) in [6.45, 7) is 1.81. The molecule has 2 aromatic heterocycles. The SMILES string of the molecule is NC1CCN(c2nc3ccccn3n2)C1. The van der Waals surface area contributed by atoms with E-state index in [9.17, 15) is 0 Å². The van der Waals surface area contributed by atoms with Crippen LogP contribution in [0.4, 0.5) is 5.95 Å². The summed E-state index contributed by atoms with van der Waals surface area (Å²) in [5.74, 6) is 0.786. The molecule has 1 unspecified atom stereocenters. The van der Waals surface area contributed by atoms with Gasteiger partial charge in [0.1, 0.15) is 0 Å². The lowest BCUT2D eigenvalue weighted by Gasteiger charge is -2.11. The zero-order valence-corrected chi connectivity index (χ0v) is 8.37. The lowest BCUT2D eigenvalue weighted by molar-refractivity contribution is 0.750. The summed E-state index contributed by atoms with van der Waals surface area (Å²) in [6, 6.07) is 6.12. The highest BCUT2D eigenvalue weighted by molar-refractivity contribution is 5.44. The maximum atomic E-state index is 5.85. The van der Waals surface area contributed by atoms with Gasteiger partial charge in [0.25, 0.3) is 0 Å². The Morgan fingerprint density at radius 2 is 2.33 bits per heavy atom. The number of hydrogen-bond donors (Lipinski definition) is 1. The van der Waals surface area contributed by atoms with E-state index in [1.54, 1.807) is 4.52 Å². The Labute approximate surface area is 87.5 Å². The third-order valence-corrected chi connectivity index (χ3v) is 2.74. The Hall–Kier alpha value is -1.62. The number of pyridine rings is 1. The molecule has 15 heavy (non-hydrogen) atoms. The van der Waals surface area contributed by atoms with Crippen molar-refractivity contribution in [2.45, 2.75) is 12.5 Å². The molecule has 2 N–H and O–H groups in total. The van der Waals surface area contributed by atoms with E-state index in [1.807, 2.05) is 24.4 Å². The summed E-state index contributed by atoms with van der Waals surface area (Å²) in [5, 5.41) is 4.41. The minimum absolute atomic E-state index is 0.261. The lowest BCUT2D eigenvalue weighted by Crippen LogP contribution is -2.27. The molecule has 0 bridgehead atoms. The zero-order chi connectivity index (χ0) is 10.3. The Bertz CT molecular complexity index is 444. The third kappa shape index (κ3) is 1.45. The Kier molecular flexibility index (Phi) is 1.85. The minimum atomic E-state index is 0.261. The van der Waals surface area contributed by atoms with E-state index in [4.69, 9.17) is 5.73 Å². The fraction of sp³-hybridized carbons (Fsp3) is 0.400. The fourth-order valence-electron chi connectivity index (χ4n) is 1.92. The second kappa shape index (κ2) is 3.20. The van der Waals surface area contributed by atoms with Crippen molar-refractivity contribution >= 4 is 11.6 Å². The molecule has 0 saturated carbocycles. The molecule has 5 nitrogen and oxygen atoms in total. The standard InChI is InChI=1S/C10H13N5/c11-8-4-6-14(7-8)10-12-9-3-1-2-5-15(9)13-10/h1-3,5,8H,4,6-7,11H2. The minimum Gasteiger partial charge on any atom is -0.338 e. The van der Waals surface area contributed by atoms with E-state index in [0.717, 1.165) is 31.1 Å². The molecule has 1 fully saturated rings. The Morgan fingerprint density at radius 3 is 3.07 bits per heavy atom. The van der Waals surface area contributed by atoms with Crippen molar-refractivity contribution in [2.75, 3.05) is 18.0 Å². The van der Waals surface area contributed by atoms with Crippen LogP contribution < -0.4 is 10.6 Å². The van der Waals surface area contributed by atoms with Crippen LogP contribution >= 0.6 is 0 Å². The molecule has 0 aromatic carbocycles. The number of hydrogen-bond acceptors (Lipinski definition) is 4. The molecule has 3 rings (SSSR count). The van der Waals surface area contributed by atoms with Crippen molar-refractivity contribution in [2.24, 2.45) is 5.73 Å². The van der Waals surface area contributed by atoms with Crippen LogP contribution in [0.25, 0.3) is 5.65 Å². The van der Waals surface area contributed by atoms with Gasteiger partial charge in [-0.05, 0) is 18.6 Å². The van der Waals surface area contributed by atoms with E-state index in [-0.39, 0.29) is 6.04 Å². The molecule has 2 aromatic rings. The van der Waals surface area contributed by atoms with Gasteiger partial charge in [0.2, 0.25) is 5.95 Å². The van der Waals surface area contributed by atoms with Crippen LogP contribution in [0.2, 0.25) is 0 Å². The molecule has 1 saturated heterocycles. The summed E-state index contributed by atoms with van der Waals surface area (Å²) >= 11 is 0. The highest BCUT2D eigenvalue weighted by Gasteiger charge is 2.22. The number of nitrogens with two attached hydrogens (primary N) is 1. The van der Waals surface area contributed by atoms with E-state index < -0.39 is 0 Å². The summed E-state index contributed by atoms with van der Waals surface area (Å²) in [5.41, 5.74) is 6.74. The fourth-order valence-corrected chi connectivity index (χ4v) is 1.92. The molecule has 0 radical (unpaired) electrons. The van der Waals surface area contributed by atoms with Gasteiger partial charge in [-0.1, -0.05) is 6.07 Å². The Balaban J connectivity index is 1.98. The molecule has 3 heterocycles. The largest absolute Gasteiger partial charge is 0.338 e. The quantitative estimate of drug-likeness (QED) is 0.722. The number of fused-ring (bicyclic) bond motifs is 1. The average molecular weight is 203 g/mol. The van der Waals surface area contributed by atoms with Gasteiger partial charge in [-0.3, -0.25) is 0 Å². The van der Waals surface area contributed by atoms with E-state index >= 15 is 0 Å². The second-order valence-electron chi connectivity index (χ2n) is 3.91. The first-order chi connectivity index (χ1) is 7.33. The topological polar surface area (TPSA) is 59.5 Å². The lowest BCUT2D eigenvalue weighted by atomic mass is 10.3. The van der Waals surface area contributed by atoms with Gasteiger partial charge < -0.3 is 10.6 Å². The van der Waals surface area contributed by atoms with Crippen molar-refractivity contribution in [1.82, 2.24) is 14.6 Å². The first-order valence-electron chi connectivity index (χ1n) is 5.15. The second-order valence-corrected chi connectivity index (χ2v) is 3.91. The van der Waals surface area contributed by atoms with Gasteiger partial charge in [-0.25, -0.2) is 4.52 Å². The van der Waals surface area contributed by atoms with Crippen molar-refractivity contribution in [1.29, 1.82) is 0 Å². The molecule has 0 amide bonds. The zero-order valence-electron chi connectivity index (χ0n) is 8.37. The molecule has 1 aliphatic rings. The molecule has 0 spiro atoms. The molecule has 5 heteroatoms. The van der Waals surface area contributed by atoms with Crippen LogP contribution in [0.3, 0.4) is 0 Å². The van der Waals surface area contributed by atoms with Crippen molar-refractivity contribution < 1.29 is 0 Å². The van der Waals surface area contributed by atoms with Crippen molar-refractivity contribution in [3.63, 3.8) is 0 Å². The van der Waals surface area contributed by atoms with Gasteiger partial charge >= 0.3 is 0 Å². The van der Waals surface area contributed by atoms with Gasteiger partial charge in [-0.2, -0.15) is 4.98 Å². The molecular formula is C10H13N5. The summed E-state index contributed by atoms with van der Waals surface area (Å²) < 4.78 is 1.79. The van der Waals surface area contributed by atoms with Crippen molar-refractivity contribution in [3.05, 3.63) is 24.4 Å². The predicted molar refractivity (Wildman–Crippen MR) is 57.8 cm³/mol. The predicted octanol–water partition coefficient (Wildman–Crippen LogP) is 0.267. The van der Waals surface area contributed by atoms with Gasteiger partial charge in [0.15, 0.2) is 5.65 Å². The molecule has 78 valence electrons. The Morgan fingerprint density at radius 1 is 1.40 bits per heavy atom. The highest BCUT2D eigenvalue weighted by Crippen LogP contribution is 2.15. The number of nitrogens with zero attached hydrogens (tertiary/aromatic N) is 4. The molecular weight excluding hydrogens is 190 g/mol. The first-order valence-corrected chi connectivity index (χ1v) is 5.15. The summed E-state index contributed by atoms with van der Waals surface area (Å²) in [7, 11) is 0. The van der Waals surface area contributed by atoms with Crippen LogP contribution in [0.15, 0.2) is 24.4 Å². The van der Waals surface area contributed by atoms with Gasteiger partial charge in [0, 0.05) is 25.3 Å². The summed E-state index contributed by atoms with van der Waals surface area (Å²) in [4.78, 5) is 6.59. The van der Waals surface area contributed by atoms with Crippen LogP contribution in [0.5, 0.6) is 0 Å². The van der Waals surface area contributed by atoms with Crippen LogP contribution in [0.1, 0.15) is 6.42 Å². The first kappa shape index (κ1) is 8.67. The summed E-state index contributed by atoms with van der Waals surface area (Å²) in [6.07, 6.45) is 2.93. The number of rotatable bonds is 1. The van der Waals surface area contributed by atoms with E-state index in [1.165, 1.54) is 0 Å². The number of anilines is 1. The molecule has 1 atom stereocenters. The number of aromatic nitrogens is 3. The average Bonchev–Trinajstić information content (AvgIpc) is 2.82. The molecule has 0 aliphatic carbocycles. The van der Waals surface area contributed by atoms with Crippen LogP contribution in [-0.2, 0) is 0 Å². The van der Waals surface area contributed by atoms with Crippen LogP contribution in [-0.4, -0.2) is 33.7 Å². The third-order valence-electron chi connectivity index (χ3n) is 2.74. The van der Waals surface area contributed by atoms with Crippen molar-refractivity contribution in [3.8, 4) is 0 Å². The maximum absolute atomic E-state index is 5.85. The molecule has 1 aliphatic heterocycles.